The maximum Gasteiger partial charge on any atom is 0.126 e. The fourth-order valence-electron chi connectivity index (χ4n) is 2.52. The van der Waals surface area contributed by atoms with Gasteiger partial charge in [0, 0.05) is 13.1 Å². The van der Waals surface area contributed by atoms with Crippen molar-refractivity contribution in [2.75, 3.05) is 20.1 Å². The van der Waals surface area contributed by atoms with Crippen LogP contribution in [0.1, 0.15) is 24.8 Å². The Labute approximate surface area is 108 Å². The van der Waals surface area contributed by atoms with Gasteiger partial charge in [0.25, 0.3) is 0 Å². The third-order valence-corrected chi connectivity index (χ3v) is 3.84. The van der Waals surface area contributed by atoms with E-state index in [4.69, 9.17) is 0 Å². The average molecular weight is 246 g/mol. The second-order valence-electron chi connectivity index (χ2n) is 5.32. The molecule has 2 rings (SSSR count). The normalized spacial score (nSPS) is 17.2. The highest BCUT2D eigenvalue weighted by molar-refractivity contribution is 5.17. The summed E-state index contributed by atoms with van der Waals surface area (Å²) in [5.74, 6) is -0.135. The van der Waals surface area contributed by atoms with Gasteiger partial charge in [-0.25, -0.2) is 4.39 Å². The highest BCUT2D eigenvalue weighted by Gasteiger charge is 2.37. The molecule has 96 valence electrons. The molecule has 0 unspecified atom stereocenters. The van der Waals surface area contributed by atoms with E-state index in [0.717, 1.165) is 37.9 Å². The first kappa shape index (κ1) is 13.0. The SMILES string of the molecule is CN(CCc1ccccc1F)CC1(C#N)CCC1. The maximum absolute atomic E-state index is 13.5. The summed E-state index contributed by atoms with van der Waals surface area (Å²) >= 11 is 0. The predicted molar refractivity (Wildman–Crippen MR) is 69.5 cm³/mol. The fourth-order valence-corrected chi connectivity index (χ4v) is 2.52. The van der Waals surface area contributed by atoms with Crippen LogP contribution >= 0.6 is 0 Å². The molecule has 1 saturated carbocycles. The molecule has 0 radical (unpaired) electrons. The van der Waals surface area contributed by atoms with E-state index in [1.807, 2.05) is 19.2 Å². The summed E-state index contributed by atoms with van der Waals surface area (Å²) in [5, 5.41) is 9.18. The summed E-state index contributed by atoms with van der Waals surface area (Å²) in [7, 11) is 2.01. The Morgan fingerprint density at radius 2 is 2.11 bits per heavy atom. The molecule has 0 spiro atoms. The number of halogens is 1. The molecule has 0 atom stereocenters. The van der Waals surface area contributed by atoms with Gasteiger partial charge in [-0.15, -0.1) is 0 Å². The first-order valence-electron chi connectivity index (χ1n) is 6.48. The zero-order valence-corrected chi connectivity index (χ0v) is 10.8. The van der Waals surface area contributed by atoms with Crippen LogP contribution < -0.4 is 0 Å². The highest BCUT2D eigenvalue weighted by Crippen LogP contribution is 2.40. The van der Waals surface area contributed by atoms with Gasteiger partial charge in [0.15, 0.2) is 0 Å². The van der Waals surface area contributed by atoms with E-state index in [1.165, 1.54) is 6.07 Å². The van der Waals surface area contributed by atoms with Crippen LogP contribution in [0.15, 0.2) is 24.3 Å². The molecule has 1 aromatic rings. The highest BCUT2D eigenvalue weighted by atomic mass is 19.1. The minimum Gasteiger partial charge on any atom is -0.304 e. The van der Waals surface area contributed by atoms with Gasteiger partial charge in [0.2, 0.25) is 0 Å². The molecule has 1 aliphatic carbocycles. The Morgan fingerprint density at radius 3 is 2.67 bits per heavy atom. The summed E-state index contributed by atoms with van der Waals surface area (Å²) in [6.07, 6.45) is 3.88. The molecular weight excluding hydrogens is 227 g/mol. The first-order valence-corrected chi connectivity index (χ1v) is 6.48. The molecular formula is C15H19FN2. The van der Waals surface area contributed by atoms with Gasteiger partial charge in [-0.2, -0.15) is 5.26 Å². The van der Waals surface area contributed by atoms with E-state index in [2.05, 4.69) is 11.0 Å². The second kappa shape index (κ2) is 5.49. The van der Waals surface area contributed by atoms with E-state index in [0.29, 0.717) is 6.42 Å². The molecule has 0 saturated heterocycles. The molecule has 18 heavy (non-hydrogen) atoms. The van der Waals surface area contributed by atoms with E-state index < -0.39 is 0 Å². The molecule has 0 amide bonds. The Balaban J connectivity index is 1.84. The van der Waals surface area contributed by atoms with Crippen LogP contribution in [-0.4, -0.2) is 25.0 Å². The Kier molecular flexibility index (Phi) is 3.98. The van der Waals surface area contributed by atoms with Crippen molar-refractivity contribution in [2.45, 2.75) is 25.7 Å². The number of hydrogen-bond acceptors (Lipinski definition) is 2. The fraction of sp³-hybridized carbons (Fsp3) is 0.533. The van der Waals surface area contributed by atoms with E-state index >= 15 is 0 Å². The monoisotopic (exact) mass is 246 g/mol. The lowest BCUT2D eigenvalue weighted by molar-refractivity contribution is 0.139. The van der Waals surface area contributed by atoms with E-state index in [9.17, 15) is 9.65 Å². The van der Waals surface area contributed by atoms with Crippen LogP contribution in [0.2, 0.25) is 0 Å². The van der Waals surface area contributed by atoms with Crippen LogP contribution in [0.3, 0.4) is 0 Å². The van der Waals surface area contributed by atoms with Crippen molar-refractivity contribution in [3.8, 4) is 6.07 Å². The lowest BCUT2D eigenvalue weighted by Crippen LogP contribution is -2.40. The molecule has 1 fully saturated rings. The third kappa shape index (κ3) is 2.88. The Bertz CT molecular complexity index is 446. The van der Waals surface area contributed by atoms with Crippen molar-refractivity contribution in [3.05, 3.63) is 35.6 Å². The zero-order chi connectivity index (χ0) is 13.0. The molecule has 0 aliphatic heterocycles. The molecule has 0 aromatic heterocycles. The van der Waals surface area contributed by atoms with Crippen LogP contribution in [0, 0.1) is 22.6 Å². The van der Waals surface area contributed by atoms with E-state index in [1.54, 1.807) is 6.07 Å². The minimum atomic E-state index is -0.135. The maximum atomic E-state index is 13.5. The largest absolute Gasteiger partial charge is 0.304 e. The summed E-state index contributed by atoms with van der Waals surface area (Å²) in [6, 6.07) is 9.34. The molecule has 1 aromatic carbocycles. The molecule has 0 heterocycles. The molecule has 0 bridgehead atoms. The third-order valence-electron chi connectivity index (χ3n) is 3.84. The van der Waals surface area contributed by atoms with Crippen molar-refractivity contribution in [3.63, 3.8) is 0 Å². The Morgan fingerprint density at radius 1 is 1.39 bits per heavy atom. The summed E-state index contributed by atoms with van der Waals surface area (Å²) in [6.45, 7) is 1.60. The topological polar surface area (TPSA) is 27.0 Å². The molecule has 0 N–H and O–H groups in total. The molecule has 1 aliphatic rings. The van der Waals surface area contributed by atoms with Crippen molar-refractivity contribution in [1.29, 1.82) is 5.26 Å². The Hall–Kier alpha value is -1.40. The van der Waals surface area contributed by atoms with Crippen molar-refractivity contribution < 1.29 is 4.39 Å². The zero-order valence-electron chi connectivity index (χ0n) is 10.8. The summed E-state index contributed by atoms with van der Waals surface area (Å²) < 4.78 is 13.5. The van der Waals surface area contributed by atoms with E-state index in [-0.39, 0.29) is 11.2 Å². The summed E-state index contributed by atoms with van der Waals surface area (Å²) in [4.78, 5) is 2.15. The smallest absolute Gasteiger partial charge is 0.126 e. The number of nitriles is 1. The lowest BCUT2D eigenvalue weighted by Gasteiger charge is -2.38. The van der Waals surface area contributed by atoms with Crippen LogP contribution in [-0.2, 0) is 6.42 Å². The van der Waals surface area contributed by atoms with Crippen molar-refractivity contribution >= 4 is 0 Å². The summed E-state index contributed by atoms with van der Waals surface area (Å²) in [5.41, 5.74) is 0.619. The number of benzene rings is 1. The van der Waals surface area contributed by atoms with Crippen LogP contribution in [0.5, 0.6) is 0 Å². The van der Waals surface area contributed by atoms with Crippen LogP contribution in [0.25, 0.3) is 0 Å². The quantitative estimate of drug-likeness (QED) is 0.798. The second-order valence-corrected chi connectivity index (χ2v) is 5.32. The van der Waals surface area contributed by atoms with Gasteiger partial charge in [0.1, 0.15) is 5.82 Å². The van der Waals surface area contributed by atoms with Crippen molar-refractivity contribution in [2.24, 2.45) is 5.41 Å². The first-order chi connectivity index (χ1) is 8.65. The van der Waals surface area contributed by atoms with Gasteiger partial charge in [-0.1, -0.05) is 24.6 Å². The van der Waals surface area contributed by atoms with Gasteiger partial charge in [-0.05, 0) is 37.9 Å². The number of hydrogen-bond donors (Lipinski definition) is 0. The van der Waals surface area contributed by atoms with Crippen LogP contribution in [0.4, 0.5) is 4.39 Å². The number of nitrogens with zero attached hydrogens (tertiary/aromatic N) is 2. The van der Waals surface area contributed by atoms with Gasteiger partial charge in [-0.3, -0.25) is 0 Å². The molecule has 2 nitrogen and oxygen atoms in total. The standard InChI is InChI=1S/C15H19FN2/c1-18(12-15(11-17)8-4-9-15)10-7-13-5-2-3-6-14(13)16/h2-3,5-6H,4,7-10,12H2,1H3. The van der Waals surface area contributed by atoms with Gasteiger partial charge >= 0.3 is 0 Å². The number of rotatable bonds is 5. The average Bonchev–Trinajstić information content (AvgIpc) is 2.33. The van der Waals surface area contributed by atoms with Gasteiger partial charge < -0.3 is 4.90 Å². The van der Waals surface area contributed by atoms with Gasteiger partial charge in [0.05, 0.1) is 11.5 Å². The van der Waals surface area contributed by atoms with Crippen molar-refractivity contribution in [1.82, 2.24) is 4.90 Å². The predicted octanol–water partition coefficient (Wildman–Crippen LogP) is 2.99. The minimum absolute atomic E-state index is 0.135. The molecule has 3 heteroatoms. The number of likely N-dealkylation sites (N-methyl/N-ethyl adjacent to an activating group) is 1. The lowest BCUT2D eigenvalue weighted by atomic mass is 9.69.